The Hall–Kier alpha value is -1.88. The summed E-state index contributed by atoms with van der Waals surface area (Å²) in [5, 5.41) is 2.79. The van der Waals surface area contributed by atoms with Gasteiger partial charge in [-0.2, -0.15) is 0 Å². The minimum absolute atomic E-state index is 0.148. The lowest BCUT2D eigenvalue weighted by molar-refractivity contribution is -0.115. The molecule has 1 aliphatic rings. The van der Waals surface area contributed by atoms with Crippen LogP contribution in [-0.2, 0) is 11.2 Å². The number of hydrogen-bond acceptors (Lipinski definition) is 2. The van der Waals surface area contributed by atoms with Crippen molar-refractivity contribution < 1.29 is 9.18 Å². The van der Waals surface area contributed by atoms with Crippen LogP contribution in [0.3, 0.4) is 0 Å². The third kappa shape index (κ3) is 4.32. The van der Waals surface area contributed by atoms with Crippen molar-refractivity contribution in [2.45, 2.75) is 19.3 Å². The Bertz CT molecular complexity index is 697. The predicted molar refractivity (Wildman–Crippen MR) is 94.3 cm³/mol. The number of benzene rings is 2. The quantitative estimate of drug-likeness (QED) is 0.858. The van der Waals surface area contributed by atoms with Crippen molar-refractivity contribution in [1.29, 1.82) is 0 Å². The number of amides is 1. The van der Waals surface area contributed by atoms with Gasteiger partial charge >= 0.3 is 0 Å². The SMILES string of the molecule is O=C(Cc1ccc(Br)cc1)Nc1cc(F)cc(N2CCCC2)c1. The van der Waals surface area contributed by atoms with Crippen LogP contribution in [0.15, 0.2) is 46.9 Å². The van der Waals surface area contributed by atoms with Gasteiger partial charge in [0.15, 0.2) is 0 Å². The molecule has 0 radical (unpaired) electrons. The van der Waals surface area contributed by atoms with E-state index < -0.39 is 0 Å². The van der Waals surface area contributed by atoms with E-state index in [2.05, 4.69) is 26.1 Å². The molecule has 1 fully saturated rings. The van der Waals surface area contributed by atoms with Crippen LogP contribution in [0.1, 0.15) is 18.4 Å². The summed E-state index contributed by atoms with van der Waals surface area (Å²) in [6, 6.07) is 12.3. The average molecular weight is 377 g/mol. The molecule has 1 N–H and O–H groups in total. The van der Waals surface area contributed by atoms with Crippen LogP contribution in [0.5, 0.6) is 0 Å². The summed E-state index contributed by atoms with van der Waals surface area (Å²) in [5.41, 5.74) is 2.26. The molecule has 1 saturated heterocycles. The maximum Gasteiger partial charge on any atom is 0.228 e. The van der Waals surface area contributed by atoms with E-state index >= 15 is 0 Å². The molecule has 0 spiro atoms. The van der Waals surface area contributed by atoms with Crippen molar-refractivity contribution in [3.8, 4) is 0 Å². The minimum atomic E-state index is -0.326. The van der Waals surface area contributed by atoms with E-state index in [0.717, 1.165) is 41.7 Å². The lowest BCUT2D eigenvalue weighted by Gasteiger charge is -2.18. The zero-order valence-electron chi connectivity index (χ0n) is 12.7. The number of anilines is 2. The van der Waals surface area contributed by atoms with E-state index in [1.165, 1.54) is 12.1 Å². The zero-order chi connectivity index (χ0) is 16.2. The van der Waals surface area contributed by atoms with Crippen LogP contribution in [0.4, 0.5) is 15.8 Å². The van der Waals surface area contributed by atoms with Crippen molar-refractivity contribution in [3.63, 3.8) is 0 Å². The molecule has 0 aromatic heterocycles. The Morgan fingerprint density at radius 3 is 2.52 bits per heavy atom. The number of halogens is 2. The Morgan fingerprint density at radius 2 is 1.83 bits per heavy atom. The Balaban J connectivity index is 1.69. The van der Waals surface area contributed by atoms with Crippen molar-refractivity contribution in [3.05, 3.63) is 58.3 Å². The molecule has 2 aromatic carbocycles. The lowest BCUT2D eigenvalue weighted by Crippen LogP contribution is -2.19. The van der Waals surface area contributed by atoms with Gasteiger partial charge < -0.3 is 10.2 Å². The molecule has 0 aliphatic carbocycles. The van der Waals surface area contributed by atoms with Gasteiger partial charge in [-0.15, -0.1) is 0 Å². The summed E-state index contributed by atoms with van der Waals surface area (Å²) in [4.78, 5) is 14.3. The maximum absolute atomic E-state index is 13.8. The zero-order valence-corrected chi connectivity index (χ0v) is 14.3. The third-order valence-electron chi connectivity index (χ3n) is 3.92. The summed E-state index contributed by atoms with van der Waals surface area (Å²) in [7, 11) is 0. The van der Waals surface area contributed by atoms with Crippen LogP contribution in [0.25, 0.3) is 0 Å². The van der Waals surface area contributed by atoms with E-state index in [0.29, 0.717) is 5.69 Å². The number of nitrogens with one attached hydrogen (secondary N) is 1. The molecule has 0 saturated carbocycles. The lowest BCUT2D eigenvalue weighted by atomic mass is 10.1. The van der Waals surface area contributed by atoms with E-state index in [1.807, 2.05) is 30.3 Å². The molecule has 3 nitrogen and oxygen atoms in total. The van der Waals surface area contributed by atoms with Gasteiger partial charge in [0.2, 0.25) is 5.91 Å². The number of carbonyl (C=O) groups excluding carboxylic acids is 1. The van der Waals surface area contributed by atoms with Gasteiger partial charge in [-0.3, -0.25) is 4.79 Å². The highest BCUT2D eigenvalue weighted by molar-refractivity contribution is 9.10. The highest BCUT2D eigenvalue weighted by atomic mass is 79.9. The molecule has 23 heavy (non-hydrogen) atoms. The van der Waals surface area contributed by atoms with Crippen molar-refractivity contribution in [2.24, 2.45) is 0 Å². The number of nitrogens with zero attached hydrogens (tertiary/aromatic N) is 1. The highest BCUT2D eigenvalue weighted by Gasteiger charge is 2.14. The fourth-order valence-corrected chi connectivity index (χ4v) is 3.06. The van der Waals surface area contributed by atoms with Crippen LogP contribution in [-0.4, -0.2) is 19.0 Å². The Kier molecular flexibility index (Phi) is 4.96. The summed E-state index contributed by atoms with van der Waals surface area (Å²) in [6.45, 7) is 1.88. The molecule has 3 rings (SSSR count). The van der Waals surface area contributed by atoms with Crippen LogP contribution < -0.4 is 10.2 Å². The molecule has 2 aromatic rings. The molecule has 1 aliphatic heterocycles. The van der Waals surface area contributed by atoms with Crippen molar-refractivity contribution in [1.82, 2.24) is 0 Å². The first-order valence-corrected chi connectivity index (χ1v) is 8.49. The molecular weight excluding hydrogens is 359 g/mol. The first kappa shape index (κ1) is 16.0. The van der Waals surface area contributed by atoms with Crippen LogP contribution >= 0.6 is 15.9 Å². The van der Waals surface area contributed by atoms with Crippen LogP contribution in [0, 0.1) is 5.82 Å². The monoisotopic (exact) mass is 376 g/mol. The first-order chi connectivity index (χ1) is 11.1. The summed E-state index contributed by atoms with van der Waals surface area (Å²) < 4.78 is 14.8. The smallest absolute Gasteiger partial charge is 0.228 e. The number of hydrogen-bond donors (Lipinski definition) is 1. The second-order valence-corrected chi connectivity index (χ2v) is 6.66. The third-order valence-corrected chi connectivity index (χ3v) is 4.44. The average Bonchev–Trinajstić information content (AvgIpc) is 3.03. The normalized spacial score (nSPS) is 14.1. The topological polar surface area (TPSA) is 32.3 Å². The molecule has 1 amide bonds. The molecule has 5 heteroatoms. The predicted octanol–water partition coefficient (Wildman–Crippen LogP) is 4.37. The second-order valence-electron chi connectivity index (χ2n) is 5.74. The van der Waals surface area contributed by atoms with Gasteiger partial charge in [0, 0.05) is 28.9 Å². The van der Waals surface area contributed by atoms with Gasteiger partial charge in [-0.1, -0.05) is 28.1 Å². The molecule has 0 atom stereocenters. The second kappa shape index (κ2) is 7.13. The van der Waals surface area contributed by atoms with Gasteiger partial charge in [-0.05, 0) is 48.7 Å². The van der Waals surface area contributed by atoms with Gasteiger partial charge in [0.25, 0.3) is 0 Å². The number of rotatable bonds is 4. The largest absolute Gasteiger partial charge is 0.371 e. The summed E-state index contributed by atoms with van der Waals surface area (Å²) in [5.74, 6) is -0.473. The fraction of sp³-hybridized carbons (Fsp3) is 0.278. The van der Waals surface area contributed by atoms with Crippen molar-refractivity contribution >= 4 is 33.2 Å². The standard InChI is InChI=1S/C18H18BrFN2O/c19-14-5-3-13(4-6-14)9-18(23)21-16-10-15(20)11-17(12-16)22-7-1-2-8-22/h3-6,10-12H,1-2,7-9H2,(H,21,23). The number of carbonyl (C=O) groups is 1. The van der Waals surface area contributed by atoms with E-state index in [-0.39, 0.29) is 18.1 Å². The molecule has 0 bridgehead atoms. The Labute approximate surface area is 143 Å². The van der Waals surface area contributed by atoms with E-state index in [4.69, 9.17) is 0 Å². The summed E-state index contributed by atoms with van der Waals surface area (Å²) >= 11 is 3.37. The van der Waals surface area contributed by atoms with Crippen molar-refractivity contribution in [2.75, 3.05) is 23.3 Å². The Morgan fingerprint density at radius 1 is 1.13 bits per heavy atom. The van der Waals surface area contributed by atoms with Gasteiger partial charge in [-0.25, -0.2) is 4.39 Å². The van der Waals surface area contributed by atoms with Gasteiger partial charge in [0.1, 0.15) is 5.82 Å². The van der Waals surface area contributed by atoms with Crippen LogP contribution in [0.2, 0.25) is 0 Å². The molecule has 0 unspecified atom stereocenters. The van der Waals surface area contributed by atoms with E-state index in [9.17, 15) is 9.18 Å². The highest BCUT2D eigenvalue weighted by Crippen LogP contribution is 2.25. The maximum atomic E-state index is 13.8. The first-order valence-electron chi connectivity index (χ1n) is 7.70. The molecule has 1 heterocycles. The summed E-state index contributed by atoms with van der Waals surface area (Å²) in [6.07, 6.45) is 2.52. The van der Waals surface area contributed by atoms with E-state index in [1.54, 1.807) is 0 Å². The van der Waals surface area contributed by atoms with Gasteiger partial charge in [0.05, 0.1) is 6.42 Å². The minimum Gasteiger partial charge on any atom is -0.371 e. The fourth-order valence-electron chi connectivity index (χ4n) is 2.80. The molecular formula is C18H18BrFN2O. The molecule has 120 valence electrons.